The first-order chi connectivity index (χ1) is 3.91. The monoisotopic (exact) mass is 118 g/mol. The van der Waals surface area contributed by atoms with Crippen LogP contribution in [0.3, 0.4) is 0 Å². The summed E-state index contributed by atoms with van der Waals surface area (Å²) in [7, 11) is 0. The van der Waals surface area contributed by atoms with E-state index in [-0.39, 0.29) is 6.61 Å². The van der Waals surface area contributed by atoms with Gasteiger partial charge in [0.2, 0.25) is 0 Å². The van der Waals surface area contributed by atoms with Gasteiger partial charge in [-0.2, -0.15) is 0 Å². The predicted molar refractivity (Wildman–Crippen MR) is 29.3 cm³/mol. The molecule has 0 saturated heterocycles. The summed E-state index contributed by atoms with van der Waals surface area (Å²) in [6.07, 6.45) is 3.06. The van der Waals surface area contributed by atoms with E-state index in [0.717, 1.165) is 0 Å². The van der Waals surface area contributed by atoms with Crippen molar-refractivity contribution in [2.45, 2.75) is 6.92 Å². The standard InChI is InChI=1S/C5H10O3/c1-2-7-4-3-5-8-6/h3-4,6H,2,5H2,1H3/b4-3+. The fraction of sp³-hybridized carbons (Fsp3) is 0.600. The molecular formula is C5H10O3. The lowest BCUT2D eigenvalue weighted by atomic mass is 10.7. The largest absolute Gasteiger partial charge is 0.502 e. The molecular weight excluding hydrogens is 108 g/mol. The van der Waals surface area contributed by atoms with E-state index in [4.69, 9.17) is 9.99 Å². The highest BCUT2D eigenvalue weighted by Crippen LogP contribution is 1.75. The maximum atomic E-state index is 7.76. The summed E-state index contributed by atoms with van der Waals surface area (Å²) >= 11 is 0. The highest BCUT2D eigenvalue weighted by molar-refractivity contribution is 4.71. The van der Waals surface area contributed by atoms with Crippen molar-refractivity contribution in [1.29, 1.82) is 0 Å². The number of hydrogen-bond donors (Lipinski definition) is 1. The van der Waals surface area contributed by atoms with Gasteiger partial charge >= 0.3 is 0 Å². The average molecular weight is 118 g/mol. The molecule has 0 rings (SSSR count). The van der Waals surface area contributed by atoms with Crippen LogP contribution in [0.25, 0.3) is 0 Å². The van der Waals surface area contributed by atoms with Crippen molar-refractivity contribution in [3.05, 3.63) is 12.3 Å². The summed E-state index contributed by atoms with van der Waals surface area (Å²) in [5.41, 5.74) is 0. The second-order valence-electron chi connectivity index (χ2n) is 1.12. The smallest absolute Gasteiger partial charge is 0.103 e. The van der Waals surface area contributed by atoms with E-state index in [1.807, 2.05) is 6.92 Å². The molecule has 0 aromatic carbocycles. The molecule has 0 aliphatic heterocycles. The molecule has 3 nitrogen and oxygen atoms in total. The van der Waals surface area contributed by atoms with E-state index in [1.165, 1.54) is 6.26 Å². The van der Waals surface area contributed by atoms with Crippen LogP contribution in [0, 0.1) is 0 Å². The molecule has 0 saturated carbocycles. The van der Waals surface area contributed by atoms with Crippen LogP contribution in [0.5, 0.6) is 0 Å². The molecule has 0 atom stereocenters. The van der Waals surface area contributed by atoms with E-state index in [0.29, 0.717) is 6.61 Å². The van der Waals surface area contributed by atoms with E-state index in [1.54, 1.807) is 6.08 Å². The van der Waals surface area contributed by atoms with Gasteiger partial charge in [0, 0.05) is 0 Å². The molecule has 0 amide bonds. The Balaban J connectivity index is 2.83. The fourth-order valence-electron chi connectivity index (χ4n) is 0.247. The highest BCUT2D eigenvalue weighted by atomic mass is 17.1. The molecule has 0 heterocycles. The molecule has 8 heavy (non-hydrogen) atoms. The van der Waals surface area contributed by atoms with Crippen LogP contribution in [0.1, 0.15) is 6.92 Å². The molecule has 0 aromatic rings. The maximum absolute atomic E-state index is 7.76. The van der Waals surface area contributed by atoms with Crippen molar-refractivity contribution in [1.82, 2.24) is 0 Å². The minimum Gasteiger partial charge on any atom is -0.502 e. The Kier molecular flexibility index (Phi) is 6.02. The molecule has 3 heteroatoms. The van der Waals surface area contributed by atoms with E-state index in [9.17, 15) is 0 Å². The zero-order valence-electron chi connectivity index (χ0n) is 4.83. The minimum absolute atomic E-state index is 0.181. The van der Waals surface area contributed by atoms with Gasteiger partial charge < -0.3 is 4.74 Å². The lowest BCUT2D eigenvalue weighted by Gasteiger charge is -1.89. The molecule has 0 unspecified atom stereocenters. The third-order valence-electron chi connectivity index (χ3n) is 0.530. The number of rotatable bonds is 4. The van der Waals surface area contributed by atoms with Gasteiger partial charge in [-0.25, -0.2) is 4.89 Å². The topological polar surface area (TPSA) is 38.7 Å². The van der Waals surface area contributed by atoms with Crippen LogP contribution in [-0.4, -0.2) is 18.5 Å². The van der Waals surface area contributed by atoms with E-state index in [2.05, 4.69) is 4.89 Å². The van der Waals surface area contributed by atoms with Crippen molar-refractivity contribution in [3.63, 3.8) is 0 Å². The fourth-order valence-corrected chi connectivity index (χ4v) is 0.247. The van der Waals surface area contributed by atoms with Crippen LogP contribution in [0.4, 0.5) is 0 Å². The van der Waals surface area contributed by atoms with Gasteiger partial charge in [-0.15, -0.1) is 0 Å². The average Bonchev–Trinajstić information content (AvgIpc) is 1.81. The first-order valence-corrected chi connectivity index (χ1v) is 2.44. The lowest BCUT2D eigenvalue weighted by molar-refractivity contribution is -0.232. The number of hydrogen-bond acceptors (Lipinski definition) is 3. The Labute approximate surface area is 48.5 Å². The second-order valence-corrected chi connectivity index (χ2v) is 1.12. The third-order valence-corrected chi connectivity index (χ3v) is 0.530. The van der Waals surface area contributed by atoms with E-state index >= 15 is 0 Å². The van der Waals surface area contributed by atoms with Gasteiger partial charge in [0.15, 0.2) is 0 Å². The molecule has 0 fully saturated rings. The minimum atomic E-state index is 0.181. The van der Waals surface area contributed by atoms with Crippen LogP contribution in [0.2, 0.25) is 0 Å². The summed E-state index contributed by atoms with van der Waals surface area (Å²) in [6, 6.07) is 0. The summed E-state index contributed by atoms with van der Waals surface area (Å²) in [6.45, 7) is 2.70. The zero-order valence-corrected chi connectivity index (χ0v) is 4.83. The quantitative estimate of drug-likeness (QED) is 0.340. The van der Waals surface area contributed by atoms with Crippen molar-refractivity contribution < 1.29 is 14.9 Å². The van der Waals surface area contributed by atoms with Gasteiger partial charge in [-0.05, 0) is 13.0 Å². The Hall–Kier alpha value is -0.540. The lowest BCUT2D eigenvalue weighted by Crippen LogP contribution is -1.83. The van der Waals surface area contributed by atoms with E-state index < -0.39 is 0 Å². The Morgan fingerprint density at radius 3 is 2.88 bits per heavy atom. The van der Waals surface area contributed by atoms with Crippen LogP contribution in [0.15, 0.2) is 12.3 Å². The Morgan fingerprint density at radius 2 is 2.38 bits per heavy atom. The molecule has 0 aromatic heterocycles. The summed E-state index contributed by atoms with van der Waals surface area (Å²) in [5.74, 6) is 0. The molecule has 48 valence electrons. The maximum Gasteiger partial charge on any atom is 0.103 e. The molecule has 0 radical (unpaired) electrons. The Bertz CT molecular complexity index is 52.7. The first kappa shape index (κ1) is 7.46. The first-order valence-electron chi connectivity index (χ1n) is 2.44. The number of ether oxygens (including phenoxy) is 1. The van der Waals surface area contributed by atoms with Gasteiger partial charge in [0.05, 0.1) is 12.9 Å². The SMILES string of the molecule is CCO/C=C/COO. The highest BCUT2D eigenvalue weighted by Gasteiger charge is 1.71. The van der Waals surface area contributed by atoms with Crippen molar-refractivity contribution in [3.8, 4) is 0 Å². The molecule has 0 aliphatic carbocycles. The van der Waals surface area contributed by atoms with Gasteiger partial charge in [-0.3, -0.25) is 5.26 Å². The van der Waals surface area contributed by atoms with Crippen LogP contribution >= 0.6 is 0 Å². The zero-order chi connectivity index (χ0) is 6.24. The normalized spacial score (nSPS) is 10.2. The van der Waals surface area contributed by atoms with Crippen molar-refractivity contribution in [2.75, 3.05) is 13.2 Å². The van der Waals surface area contributed by atoms with Gasteiger partial charge in [0.1, 0.15) is 6.61 Å². The summed E-state index contributed by atoms with van der Waals surface area (Å²) in [4.78, 5) is 3.72. The van der Waals surface area contributed by atoms with Crippen LogP contribution < -0.4 is 0 Å². The van der Waals surface area contributed by atoms with Gasteiger partial charge in [-0.1, -0.05) is 0 Å². The predicted octanol–water partition coefficient (Wildman–Crippen LogP) is 1.03. The van der Waals surface area contributed by atoms with Crippen LogP contribution in [-0.2, 0) is 9.62 Å². The van der Waals surface area contributed by atoms with Crippen molar-refractivity contribution >= 4 is 0 Å². The second kappa shape index (κ2) is 6.46. The molecule has 0 spiro atoms. The molecule has 1 N–H and O–H groups in total. The molecule has 0 bridgehead atoms. The van der Waals surface area contributed by atoms with Gasteiger partial charge in [0.25, 0.3) is 0 Å². The molecule has 0 aliphatic rings. The Morgan fingerprint density at radius 1 is 1.62 bits per heavy atom. The summed E-state index contributed by atoms with van der Waals surface area (Å²) < 4.78 is 4.76. The third kappa shape index (κ3) is 5.46. The van der Waals surface area contributed by atoms with Crippen molar-refractivity contribution in [2.24, 2.45) is 0 Å². The summed E-state index contributed by atoms with van der Waals surface area (Å²) in [5, 5.41) is 7.76.